The number of aryl methyl sites for hydroxylation is 1. The van der Waals surface area contributed by atoms with Crippen LogP contribution in [0.25, 0.3) is 11.1 Å². The molecule has 0 spiro atoms. The van der Waals surface area contributed by atoms with Gasteiger partial charge in [-0.3, -0.25) is 4.79 Å². The summed E-state index contributed by atoms with van der Waals surface area (Å²) in [6.45, 7) is 5.45. The molecule has 4 heteroatoms. The van der Waals surface area contributed by atoms with Crippen molar-refractivity contribution in [3.8, 4) is 0 Å². The van der Waals surface area contributed by atoms with Gasteiger partial charge in [-0.2, -0.15) is 0 Å². The number of oxazole rings is 1. The molecule has 1 aromatic carbocycles. The maximum absolute atomic E-state index is 11.7. The number of carbonyl (C=O) groups is 1. The molecule has 0 radical (unpaired) electrons. The third-order valence-electron chi connectivity index (χ3n) is 2.91. The molecule has 0 bridgehead atoms. The first kappa shape index (κ1) is 11.6. The van der Waals surface area contributed by atoms with Crippen LogP contribution in [-0.2, 0) is 14.9 Å². The van der Waals surface area contributed by atoms with Crippen molar-refractivity contribution >= 4 is 17.1 Å². The molecule has 90 valence electrons. The van der Waals surface area contributed by atoms with E-state index in [1.54, 1.807) is 6.92 Å². The van der Waals surface area contributed by atoms with Gasteiger partial charge >= 0.3 is 5.97 Å². The van der Waals surface area contributed by atoms with E-state index in [2.05, 4.69) is 4.98 Å². The van der Waals surface area contributed by atoms with Crippen LogP contribution in [0.1, 0.15) is 25.3 Å². The van der Waals surface area contributed by atoms with Crippen molar-refractivity contribution in [3.63, 3.8) is 0 Å². The molecule has 0 unspecified atom stereocenters. The van der Waals surface area contributed by atoms with E-state index in [0.29, 0.717) is 5.89 Å². The number of hydrogen-bond donors (Lipinski definition) is 0. The topological polar surface area (TPSA) is 52.3 Å². The van der Waals surface area contributed by atoms with Crippen LogP contribution in [-0.4, -0.2) is 18.1 Å². The van der Waals surface area contributed by atoms with E-state index in [1.165, 1.54) is 7.11 Å². The highest BCUT2D eigenvalue weighted by molar-refractivity contribution is 5.84. The van der Waals surface area contributed by atoms with Crippen molar-refractivity contribution in [2.75, 3.05) is 7.11 Å². The summed E-state index contributed by atoms with van der Waals surface area (Å²) in [5.41, 5.74) is 1.67. The second-order valence-electron chi connectivity index (χ2n) is 4.53. The van der Waals surface area contributed by atoms with Crippen molar-refractivity contribution in [2.24, 2.45) is 0 Å². The lowest BCUT2D eigenvalue weighted by Gasteiger charge is -2.21. The number of aromatic nitrogens is 1. The summed E-state index contributed by atoms with van der Waals surface area (Å²) in [4.78, 5) is 16.0. The van der Waals surface area contributed by atoms with E-state index in [-0.39, 0.29) is 5.97 Å². The number of methoxy groups -OCH3 is 1. The third-order valence-corrected chi connectivity index (χ3v) is 2.91. The molecule has 0 atom stereocenters. The van der Waals surface area contributed by atoms with Gasteiger partial charge in [0.2, 0.25) is 0 Å². The van der Waals surface area contributed by atoms with E-state index in [4.69, 9.17) is 9.15 Å². The lowest BCUT2D eigenvalue weighted by atomic mass is 9.84. The Hall–Kier alpha value is -1.84. The van der Waals surface area contributed by atoms with Crippen LogP contribution in [0.3, 0.4) is 0 Å². The first-order chi connectivity index (χ1) is 7.95. The molecule has 0 aliphatic heterocycles. The third kappa shape index (κ3) is 1.90. The minimum absolute atomic E-state index is 0.267. The van der Waals surface area contributed by atoms with Gasteiger partial charge in [-0.05, 0) is 31.5 Å². The van der Waals surface area contributed by atoms with E-state index >= 15 is 0 Å². The van der Waals surface area contributed by atoms with Gasteiger partial charge in [0.25, 0.3) is 0 Å². The molecule has 4 nitrogen and oxygen atoms in total. The molecular formula is C13H15NO3. The Morgan fingerprint density at radius 3 is 2.76 bits per heavy atom. The van der Waals surface area contributed by atoms with Gasteiger partial charge in [0.15, 0.2) is 11.5 Å². The van der Waals surface area contributed by atoms with Crippen LogP contribution >= 0.6 is 0 Å². The minimum Gasteiger partial charge on any atom is -0.468 e. The second-order valence-corrected chi connectivity index (χ2v) is 4.53. The molecule has 0 saturated carbocycles. The summed E-state index contributed by atoms with van der Waals surface area (Å²) in [5, 5.41) is 0. The standard InChI is InChI=1S/C13H15NO3/c1-8-14-10-7-9(5-6-11(10)17-8)13(2,3)12(15)16-4/h5-7H,1-4H3. The van der Waals surface area contributed by atoms with E-state index in [1.807, 2.05) is 32.0 Å². The predicted octanol–water partition coefficient (Wildman–Crippen LogP) is 2.59. The zero-order valence-corrected chi connectivity index (χ0v) is 10.4. The van der Waals surface area contributed by atoms with Crippen LogP contribution in [0, 0.1) is 6.92 Å². The predicted molar refractivity (Wildman–Crippen MR) is 63.8 cm³/mol. The van der Waals surface area contributed by atoms with Crippen molar-refractivity contribution in [3.05, 3.63) is 29.7 Å². The molecule has 2 aromatic rings. The number of benzene rings is 1. The van der Waals surface area contributed by atoms with E-state index in [0.717, 1.165) is 16.7 Å². The summed E-state index contributed by atoms with van der Waals surface area (Å²) >= 11 is 0. The molecule has 2 rings (SSSR count). The van der Waals surface area contributed by atoms with Crippen molar-refractivity contribution in [2.45, 2.75) is 26.2 Å². The average Bonchev–Trinajstić information content (AvgIpc) is 2.66. The van der Waals surface area contributed by atoms with Gasteiger partial charge in [0, 0.05) is 6.92 Å². The number of hydrogen-bond acceptors (Lipinski definition) is 4. The lowest BCUT2D eigenvalue weighted by molar-refractivity contribution is -0.146. The summed E-state index contributed by atoms with van der Waals surface area (Å²) in [6.07, 6.45) is 0. The molecule has 0 aliphatic carbocycles. The molecule has 0 N–H and O–H groups in total. The van der Waals surface area contributed by atoms with Gasteiger partial charge in [-0.15, -0.1) is 0 Å². The Morgan fingerprint density at radius 1 is 1.41 bits per heavy atom. The lowest BCUT2D eigenvalue weighted by Crippen LogP contribution is -2.30. The number of ether oxygens (including phenoxy) is 1. The Kier molecular flexibility index (Phi) is 2.65. The maximum atomic E-state index is 11.7. The van der Waals surface area contributed by atoms with E-state index in [9.17, 15) is 4.79 Å². The smallest absolute Gasteiger partial charge is 0.315 e. The Bertz CT molecular complexity index is 569. The molecule has 1 heterocycles. The number of fused-ring (bicyclic) bond motifs is 1. The highest BCUT2D eigenvalue weighted by atomic mass is 16.5. The molecular weight excluding hydrogens is 218 g/mol. The summed E-state index contributed by atoms with van der Waals surface area (Å²) < 4.78 is 10.2. The van der Waals surface area contributed by atoms with Crippen molar-refractivity contribution in [1.29, 1.82) is 0 Å². The summed E-state index contributed by atoms with van der Waals surface area (Å²) in [5.74, 6) is 0.352. The van der Waals surface area contributed by atoms with Gasteiger partial charge < -0.3 is 9.15 Å². The van der Waals surface area contributed by atoms with Crippen LogP contribution in [0.15, 0.2) is 22.6 Å². The molecule has 0 saturated heterocycles. The van der Waals surface area contributed by atoms with Gasteiger partial charge in [0.1, 0.15) is 5.52 Å². The molecule has 17 heavy (non-hydrogen) atoms. The highest BCUT2D eigenvalue weighted by Crippen LogP contribution is 2.27. The second kappa shape index (κ2) is 3.87. The van der Waals surface area contributed by atoms with Crippen LogP contribution < -0.4 is 0 Å². The fourth-order valence-electron chi connectivity index (χ4n) is 1.80. The number of esters is 1. The van der Waals surface area contributed by atoms with Crippen LogP contribution in [0.4, 0.5) is 0 Å². The largest absolute Gasteiger partial charge is 0.468 e. The number of rotatable bonds is 2. The minimum atomic E-state index is -0.685. The highest BCUT2D eigenvalue weighted by Gasteiger charge is 2.31. The molecule has 0 aliphatic rings. The normalized spacial score (nSPS) is 11.8. The van der Waals surface area contributed by atoms with Gasteiger partial charge in [-0.25, -0.2) is 4.98 Å². The fraction of sp³-hybridized carbons (Fsp3) is 0.385. The zero-order valence-electron chi connectivity index (χ0n) is 10.4. The Balaban J connectivity index is 2.52. The first-order valence-electron chi connectivity index (χ1n) is 5.41. The average molecular weight is 233 g/mol. The van der Waals surface area contributed by atoms with E-state index < -0.39 is 5.41 Å². The monoisotopic (exact) mass is 233 g/mol. The molecule has 1 aromatic heterocycles. The fourth-order valence-corrected chi connectivity index (χ4v) is 1.80. The maximum Gasteiger partial charge on any atom is 0.315 e. The molecule has 0 fully saturated rings. The Labute approximate surface area is 99.6 Å². The molecule has 0 amide bonds. The van der Waals surface area contributed by atoms with Gasteiger partial charge in [-0.1, -0.05) is 6.07 Å². The number of carbonyl (C=O) groups excluding carboxylic acids is 1. The van der Waals surface area contributed by atoms with Crippen molar-refractivity contribution < 1.29 is 13.9 Å². The van der Waals surface area contributed by atoms with Crippen LogP contribution in [0.5, 0.6) is 0 Å². The zero-order chi connectivity index (χ0) is 12.6. The Morgan fingerprint density at radius 2 is 2.12 bits per heavy atom. The van der Waals surface area contributed by atoms with Crippen LogP contribution in [0.2, 0.25) is 0 Å². The quantitative estimate of drug-likeness (QED) is 0.748. The van der Waals surface area contributed by atoms with Crippen molar-refractivity contribution in [1.82, 2.24) is 4.98 Å². The summed E-state index contributed by atoms with van der Waals surface area (Å²) in [7, 11) is 1.39. The summed E-state index contributed by atoms with van der Waals surface area (Å²) in [6, 6.07) is 5.56. The number of nitrogens with zero attached hydrogens (tertiary/aromatic N) is 1. The SMILES string of the molecule is COC(=O)C(C)(C)c1ccc2oc(C)nc2c1. The van der Waals surface area contributed by atoms with Gasteiger partial charge in [0.05, 0.1) is 12.5 Å². The first-order valence-corrected chi connectivity index (χ1v) is 5.41.